The third-order valence-electron chi connectivity index (χ3n) is 4.34. The van der Waals surface area contributed by atoms with Gasteiger partial charge in [0, 0.05) is 24.7 Å². The van der Waals surface area contributed by atoms with Crippen LogP contribution in [0.4, 0.5) is 0 Å². The van der Waals surface area contributed by atoms with E-state index in [1.807, 2.05) is 18.2 Å². The van der Waals surface area contributed by atoms with Crippen molar-refractivity contribution in [3.63, 3.8) is 0 Å². The third kappa shape index (κ3) is 2.68. The number of aromatic nitrogens is 1. The molecule has 2 aromatic rings. The summed E-state index contributed by atoms with van der Waals surface area (Å²) in [4.78, 5) is 4.58. The first-order valence-corrected chi connectivity index (χ1v) is 8.86. The lowest BCUT2D eigenvalue weighted by atomic mass is 9.96. The maximum Gasteiger partial charge on any atom is 0.245 e. The molecule has 1 heterocycles. The summed E-state index contributed by atoms with van der Waals surface area (Å²) in [6.07, 6.45) is 6.97. The lowest BCUT2D eigenvalue weighted by Gasteiger charge is -2.30. The molecule has 0 spiro atoms. The van der Waals surface area contributed by atoms with Crippen LogP contribution >= 0.6 is 0 Å². The van der Waals surface area contributed by atoms with Gasteiger partial charge < -0.3 is 0 Å². The maximum atomic E-state index is 12.9. The highest BCUT2D eigenvalue weighted by Crippen LogP contribution is 2.29. The quantitative estimate of drug-likeness (QED) is 0.875. The van der Waals surface area contributed by atoms with E-state index in [9.17, 15) is 8.42 Å². The summed E-state index contributed by atoms with van der Waals surface area (Å²) in [5.41, 5.74) is 0.558. The smallest absolute Gasteiger partial charge is 0.245 e. The first-order chi connectivity index (χ1) is 10.1. The molecule has 0 amide bonds. The normalized spacial score (nSPS) is 17.4. The number of hydrogen-bond donors (Lipinski definition) is 0. The van der Waals surface area contributed by atoms with Crippen LogP contribution in [0.1, 0.15) is 32.1 Å². The molecule has 1 saturated carbocycles. The lowest BCUT2D eigenvalue weighted by molar-refractivity contribution is 0.286. The van der Waals surface area contributed by atoms with Crippen molar-refractivity contribution in [2.24, 2.45) is 0 Å². The highest BCUT2D eigenvalue weighted by Gasteiger charge is 2.30. The Morgan fingerprint density at radius 2 is 1.81 bits per heavy atom. The van der Waals surface area contributed by atoms with Gasteiger partial charge in [0.1, 0.15) is 4.90 Å². The number of sulfonamides is 1. The van der Waals surface area contributed by atoms with Crippen molar-refractivity contribution in [3.05, 3.63) is 36.5 Å². The van der Waals surface area contributed by atoms with E-state index in [1.54, 1.807) is 29.7 Å². The monoisotopic (exact) mass is 304 g/mol. The van der Waals surface area contributed by atoms with Crippen LogP contribution in [-0.2, 0) is 10.0 Å². The molecule has 5 heteroatoms. The fourth-order valence-electron chi connectivity index (χ4n) is 3.08. The summed E-state index contributed by atoms with van der Waals surface area (Å²) in [5.74, 6) is 0. The predicted octanol–water partition coefficient (Wildman–Crippen LogP) is 3.19. The van der Waals surface area contributed by atoms with Crippen molar-refractivity contribution in [1.29, 1.82) is 0 Å². The number of benzene rings is 1. The van der Waals surface area contributed by atoms with Crippen molar-refractivity contribution in [2.75, 3.05) is 7.05 Å². The molecule has 1 aliphatic carbocycles. The fourth-order valence-corrected chi connectivity index (χ4v) is 4.66. The Labute approximate surface area is 125 Å². The van der Waals surface area contributed by atoms with Crippen LogP contribution in [0.3, 0.4) is 0 Å². The van der Waals surface area contributed by atoms with Crippen LogP contribution in [-0.4, -0.2) is 30.8 Å². The molecule has 0 atom stereocenters. The minimum Gasteiger partial charge on any atom is -0.255 e. The van der Waals surface area contributed by atoms with Gasteiger partial charge in [0.2, 0.25) is 10.0 Å². The van der Waals surface area contributed by atoms with E-state index in [-0.39, 0.29) is 6.04 Å². The van der Waals surface area contributed by atoms with E-state index < -0.39 is 10.0 Å². The molecule has 0 N–H and O–H groups in total. The van der Waals surface area contributed by atoms with Crippen LogP contribution in [0, 0.1) is 0 Å². The lowest BCUT2D eigenvalue weighted by Crippen LogP contribution is -2.38. The van der Waals surface area contributed by atoms with Crippen LogP contribution < -0.4 is 0 Å². The van der Waals surface area contributed by atoms with E-state index in [4.69, 9.17) is 0 Å². The molecule has 0 saturated heterocycles. The second-order valence-electron chi connectivity index (χ2n) is 5.64. The van der Waals surface area contributed by atoms with Crippen molar-refractivity contribution >= 4 is 20.9 Å². The van der Waals surface area contributed by atoms with E-state index in [2.05, 4.69) is 4.98 Å². The number of fused-ring (bicyclic) bond motifs is 1. The minimum atomic E-state index is -3.49. The highest BCUT2D eigenvalue weighted by molar-refractivity contribution is 7.89. The topological polar surface area (TPSA) is 50.3 Å². The van der Waals surface area contributed by atoms with Crippen molar-refractivity contribution < 1.29 is 8.42 Å². The number of hydrogen-bond acceptors (Lipinski definition) is 3. The molecule has 1 aliphatic rings. The Morgan fingerprint density at radius 1 is 1.10 bits per heavy atom. The van der Waals surface area contributed by atoms with Gasteiger partial charge in [-0.1, -0.05) is 37.5 Å². The summed E-state index contributed by atoms with van der Waals surface area (Å²) in [6, 6.07) is 9.16. The SMILES string of the molecule is CN(C1CCCCC1)S(=O)(=O)c1cccc2cccnc12. The average molecular weight is 304 g/mol. The molecule has 3 rings (SSSR count). The Balaban J connectivity index is 2.03. The van der Waals surface area contributed by atoms with E-state index in [0.717, 1.165) is 31.1 Å². The maximum absolute atomic E-state index is 12.9. The van der Waals surface area contributed by atoms with Gasteiger partial charge in [0.15, 0.2) is 0 Å². The fraction of sp³-hybridized carbons (Fsp3) is 0.438. The third-order valence-corrected chi connectivity index (χ3v) is 6.28. The van der Waals surface area contributed by atoms with Crippen molar-refractivity contribution in [1.82, 2.24) is 9.29 Å². The summed E-state index contributed by atoms with van der Waals surface area (Å²) >= 11 is 0. The molecule has 0 aliphatic heterocycles. The zero-order chi connectivity index (χ0) is 14.9. The zero-order valence-electron chi connectivity index (χ0n) is 12.2. The number of pyridine rings is 1. The Hall–Kier alpha value is -1.46. The first-order valence-electron chi connectivity index (χ1n) is 7.42. The summed E-state index contributed by atoms with van der Waals surface area (Å²) in [7, 11) is -1.79. The summed E-state index contributed by atoms with van der Waals surface area (Å²) in [5, 5.41) is 0.857. The van der Waals surface area contributed by atoms with E-state index in [0.29, 0.717) is 10.4 Å². The van der Waals surface area contributed by atoms with Gasteiger partial charge in [-0.2, -0.15) is 4.31 Å². The summed E-state index contributed by atoms with van der Waals surface area (Å²) < 4.78 is 27.4. The van der Waals surface area contributed by atoms with Gasteiger partial charge in [-0.15, -0.1) is 0 Å². The zero-order valence-corrected chi connectivity index (χ0v) is 13.0. The highest BCUT2D eigenvalue weighted by atomic mass is 32.2. The predicted molar refractivity (Wildman–Crippen MR) is 83.6 cm³/mol. The molecule has 112 valence electrons. The molecule has 1 aromatic heterocycles. The van der Waals surface area contributed by atoms with Gasteiger partial charge in [-0.25, -0.2) is 8.42 Å². The van der Waals surface area contributed by atoms with E-state index in [1.165, 1.54) is 6.42 Å². The Bertz CT molecular complexity index is 732. The van der Waals surface area contributed by atoms with Gasteiger partial charge in [0.05, 0.1) is 5.52 Å². The second kappa shape index (κ2) is 5.73. The summed E-state index contributed by atoms with van der Waals surface area (Å²) in [6.45, 7) is 0. The Morgan fingerprint density at radius 3 is 2.57 bits per heavy atom. The van der Waals surface area contributed by atoms with E-state index >= 15 is 0 Å². The minimum absolute atomic E-state index is 0.114. The van der Waals surface area contributed by atoms with Crippen LogP contribution in [0.25, 0.3) is 10.9 Å². The van der Waals surface area contributed by atoms with Gasteiger partial charge >= 0.3 is 0 Å². The largest absolute Gasteiger partial charge is 0.255 e. The molecular weight excluding hydrogens is 284 g/mol. The van der Waals surface area contributed by atoms with Gasteiger partial charge in [0.25, 0.3) is 0 Å². The number of para-hydroxylation sites is 1. The van der Waals surface area contributed by atoms with Gasteiger partial charge in [-0.05, 0) is 25.0 Å². The van der Waals surface area contributed by atoms with Crippen LogP contribution in [0.2, 0.25) is 0 Å². The molecular formula is C16H20N2O2S. The molecule has 4 nitrogen and oxygen atoms in total. The molecule has 0 bridgehead atoms. The molecule has 0 radical (unpaired) electrons. The number of nitrogens with zero attached hydrogens (tertiary/aromatic N) is 2. The van der Waals surface area contributed by atoms with Crippen molar-refractivity contribution in [3.8, 4) is 0 Å². The molecule has 1 aromatic carbocycles. The van der Waals surface area contributed by atoms with Crippen molar-refractivity contribution in [2.45, 2.75) is 43.0 Å². The standard InChI is InChI=1S/C16H20N2O2S/c1-18(14-9-3-2-4-10-14)21(19,20)15-11-5-7-13-8-6-12-17-16(13)15/h5-8,11-12,14H,2-4,9-10H2,1H3. The first kappa shape index (κ1) is 14.5. The number of rotatable bonds is 3. The molecule has 21 heavy (non-hydrogen) atoms. The average Bonchev–Trinajstić information content (AvgIpc) is 2.54. The Kier molecular flexibility index (Phi) is 3.95. The van der Waals surface area contributed by atoms with Crippen LogP contribution in [0.15, 0.2) is 41.4 Å². The van der Waals surface area contributed by atoms with Gasteiger partial charge in [-0.3, -0.25) is 4.98 Å². The van der Waals surface area contributed by atoms with Crippen LogP contribution in [0.5, 0.6) is 0 Å². The second-order valence-corrected chi connectivity index (χ2v) is 7.61. The molecule has 1 fully saturated rings. The molecule has 0 unspecified atom stereocenters.